The number of ether oxygens (including phenoxy) is 3. The number of rotatable bonds is 7. The number of hydrogen-bond donors (Lipinski definition) is 0. The first-order chi connectivity index (χ1) is 13.7. The smallest absolute Gasteiger partial charge is 0.251 e. The monoisotopic (exact) mass is 378 g/mol. The Morgan fingerprint density at radius 1 is 1.18 bits per heavy atom. The number of carbonyl (C=O) groups excluding carboxylic acids is 1. The van der Waals surface area contributed by atoms with Crippen molar-refractivity contribution >= 4 is 17.7 Å². The lowest BCUT2D eigenvalue weighted by Crippen LogP contribution is -2.30. The molecule has 1 aliphatic rings. The third-order valence-electron chi connectivity index (χ3n) is 4.16. The Hall–Kier alpha value is -3.46. The Kier molecular flexibility index (Phi) is 6.53. The Labute approximate surface area is 164 Å². The maximum Gasteiger partial charge on any atom is 0.251 e. The van der Waals surface area contributed by atoms with Gasteiger partial charge in [-0.3, -0.25) is 4.79 Å². The molecule has 0 bridgehead atoms. The van der Waals surface area contributed by atoms with Crippen molar-refractivity contribution in [1.82, 2.24) is 0 Å². The molecule has 0 saturated carbocycles. The minimum Gasteiger partial charge on any atom is -0.494 e. The molecule has 144 valence electrons. The number of anilines is 1. The average Bonchev–Trinajstić information content (AvgIpc) is 2.73. The van der Waals surface area contributed by atoms with E-state index < -0.39 is 0 Å². The van der Waals surface area contributed by atoms with Crippen LogP contribution in [0.15, 0.2) is 48.5 Å². The van der Waals surface area contributed by atoms with Crippen molar-refractivity contribution < 1.29 is 19.0 Å². The molecule has 0 radical (unpaired) electrons. The Morgan fingerprint density at radius 2 is 1.93 bits per heavy atom. The molecule has 28 heavy (non-hydrogen) atoms. The van der Waals surface area contributed by atoms with Gasteiger partial charge in [-0.25, -0.2) is 0 Å². The van der Waals surface area contributed by atoms with Crippen LogP contribution in [0.3, 0.4) is 0 Å². The molecule has 0 aromatic heterocycles. The second kappa shape index (κ2) is 9.47. The Balaban J connectivity index is 1.75. The second-order valence-corrected chi connectivity index (χ2v) is 6.06. The van der Waals surface area contributed by atoms with Gasteiger partial charge in [0.1, 0.15) is 19.0 Å². The van der Waals surface area contributed by atoms with Gasteiger partial charge in [0.25, 0.3) is 5.91 Å². The predicted octanol–water partition coefficient (Wildman–Crippen LogP) is 3.82. The molecule has 2 aromatic rings. The largest absolute Gasteiger partial charge is 0.494 e. The highest BCUT2D eigenvalue weighted by Crippen LogP contribution is 2.31. The number of fused-ring (bicyclic) bond motifs is 1. The highest BCUT2D eigenvalue weighted by molar-refractivity contribution is 6.03. The van der Waals surface area contributed by atoms with E-state index in [1.807, 2.05) is 49.4 Å². The highest BCUT2D eigenvalue weighted by Gasteiger charge is 2.14. The first-order valence-electron chi connectivity index (χ1n) is 9.20. The van der Waals surface area contributed by atoms with Crippen LogP contribution in [0.5, 0.6) is 17.2 Å². The molecule has 1 amide bonds. The standard InChI is InChI=1S/C22H22N2O4/c1-2-26-19-8-6-18(7-9-19)24(13-3-12-23)22(25)11-5-17-4-10-20-21(16-17)28-15-14-27-20/h4-11,16H,2-3,13-15H2,1H3/b11-5+. The van der Waals surface area contributed by atoms with Crippen LogP contribution in [-0.4, -0.2) is 32.3 Å². The van der Waals surface area contributed by atoms with E-state index in [2.05, 4.69) is 6.07 Å². The zero-order chi connectivity index (χ0) is 19.8. The normalized spacial score (nSPS) is 12.4. The zero-order valence-corrected chi connectivity index (χ0v) is 15.8. The van der Waals surface area contributed by atoms with E-state index in [1.165, 1.54) is 6.08 Å². The highest BCUT2D eigenvalue weighted by atomic mass is 16.6. The van der Waals surface area contributed by atoms with Crippen molar-refractivity contribution in [1.29, 1.82) is 5.26 Å². The molecule has 0 spiro atoms. The predicted molar refractivity (Wildman–Crippen MR) is 107 cm³/mol. The molecule has 0 atom stereocenters. The van der Waals surface area contributed by atoms with Crippen molar-refractivity contribution in [2.75, 3.05) is 31.3 Å². The molecular formula is C22H22N2O4. The molecule has 1 aliphatic heterocycles. The molecule has 1 heterocycles. The number of hydrogen-bond acceptors (Lipinski definition) is 5. The molecule has 0 N–H and O–H groups in total. The van der Waals surface area contributed by atoms with Gasteiger partial charge in [-0.1, -0.05) is 6.07 Å². The van der Waals surface area contributed by atoms with Crippen molar-refractivity contribution in [2.45, 2.75) is 13.3 Å². The summed E-state index contributed by atoms with van der Waals surface area (Å²) in [6.07, 6.45) is 3.48. The molecule has 6 nitrogen and oxygen atoms in total. The molecule has 0 unspecified atom stereocenters. The van der Waals surface area contributed by atoms with Gasteiger partial charge in [-0.05, 0) is 55.0 Å². The Bertz CT molecular complexity index is 884. The van der Waals surface area contributed by atoms with Gasteiger partial charge in [-0.2, -0.15) is 5.26 Å². The van der Waals surface area contributed by atoms with Gasteiger partial charge in [0, 0.05) is 18.3 Å². The van der Waals surface area contributed by atoms with Crippen LogP contribution in [0.2, 0.25) is 0 Å². The molecular weight excluding hydrogens is 356 g/mol. The first-order valence-corrected chi connectivity index (χ1v) is 9.20. The number of nitriles is 1. The summed E-state index contributed by atoms with van der Waals surface area (Å²) in [7, 11) is 0. The van der Waals surface area contributed by atoms with Crippen molar-refractivity contribution in [2.24, 2.45) is 0 Å². The molecule has 6 heteroatoms. The summed E-state index contributed by atoms with van der Waals surface area (Å²) in [5.41, 5.74) is 1.56. The van der Waals surface area contributed by atoms with Crippen LogP contribution in [0.25, 0.3) is 6.08 Å². The fourth-order valence-corrected chi connectivity index (χ4v) is 2.84. The fourth-order valence-electron chi connectivity index (χ4n) is 2.84. The first kappa shape index (κ1) is 19.3. The summed E-state index contributed by atoms with van der Waals surface area (Å²) in [4.78, 5) is 14.3. The number of nitrogens with zero attached hydrogens (tertiary/aromatic N) is 2. The molecule has 0 aliphatic carbocycles. The summed E-state index contributed by atoms with van der Waals surface area (Å²) in [5, 5.41) is 8.93. The van der Waals surface area contributed by atoms with Gasteiger partial charge >= 0.3 is 0 Å². The van der Waals surface area contributed by atoms with E-state index in [0.717, 1.165) is 17.0 Å². The molecule has 2 aromatic carbocycles. The van der Waals surface area contributed by atoms with Gasteiger partial charge in [0.15, 0.2) is 11.5 Å². The maximum atomic E-state index is 12.8. The van der Waals surface area contributed by atoms with Crippen LogP contribution in [0.4, 0.5) is 5.69 Å². The Morgan fingerprint density at radius 3 is 2.64 bits per heavy atom. The van der Waals surface area contributed by atoms with Crippen molar-refractivity contribution in [3.63, 3.8) is 0 Å². The summed E-state index contributed by atoms with van der Waals surface area (Å²) >= 11 is 0. The minimum atomic E-state index is -0.200. The summed E-state index contributed by atoms with van der Waals surface area (Å²) in [6, 6.07) is 14.9. The second-order valence-electron chi connectivity index (χ2n) is 6.06. The zero-order valence-electron chi connectivity index (χ0n) is 15.8. The van der Waals surface area contributed by atoms with E-state index in [4.69, 9.17) is 19.5 Å². The van der Waals surface area contributed by atoms with Crippen LogP contribution < -0.4 is 19.1 Å². The van der Waals surface area contributed by atoms with Gasteiger partial charge in [-0.15, -0.1) is 0 Å². The summed E-state index contributed by atoms with van der Waals surface area (Å²) < 4.78 is 16.5. The van der Waals surface area contributed by atoms with Gasteiger partial charge in [0.05, 0.1) is 19.1 Å². The number of amides is 1. The average molecular weight is 378 g/mol. The van der Waals surface area contributed by atoms with Crippen LogP contribution in [0.1, 0.15) is 18.9 Å². The molecule has 0 saturated heterocycles. The number of benzene rings is 2. The van der Waals surface area contributed by atoms with Crippen molar-refractivity contribution in [3.05, 3.63) is 54.1 Å². The van der Waals surface area contributed by atoms with Gasteiger partial charge in [0.2, 0.25) is 0 Å². The topological polar surface area (TPSA) is 71.8 Å². The van der Waals surface area contributed by atoms with E-state index >= 15 is 0 Å². The van der Waals surface area contributed by atoms with Gasteiger partial charge < -0.3 is 19.1 Å². The lowest BCUT2D eigenvalue weighted by Gasteiger charge is -2.20. The lowest BCUT2D eigenvalue weighted by molar-refractivity contribution is -0.114. The third kappa shape index (κ3) is 4.83. The number of carbonyl (C=O) groups is 1. The van der Waals surface area contributed by atoms with E-state index in [0.29, 0.717) is 37.9 Å². The fraction of sp³-hybridized carbons (Fsp3) is 0.273. The van der Waals surface area contributed by atoms with Crippen LogP contribution in [0, 0.1) is 11.3 Å². The third-order valence-corrected chi connectivity index (χ3v) is 4.16. The SMILES string of the molecule is CCOc1ccc(N(CCC#N)C(=O)/C=C/c2ccc3c(c2)OCCO3)cc1. The quantitative estimate of drug-likeness (QED) is 0.685. The van der Waals surface area contributed by atoms with Crippen LogP contribution >= 0.6 is 0 Å². The minimum absolute atomic E-state index is 0.200. The van der Waals surface area contributed by atoms with E-state index in [9.17, 15) is 4.79 Å². The van der Waals surface area contributed by atoms with Crippen LogP contribution in [-0.2, 0) is 4.79 Å². The van der Waals surface area contributed by atoms with E-state index in [-0.39, 0.29) is 12.3 Å². The molecule has 3 rings (SSSR count). The summed E-state index contributed by atoms with van der Waals surface area (Å²) in [5.74, 6) is 1.92. The van der Waals surface area contributed by atoms with Crippen molar-refractivity contribution in [3.8, 4) is 23.3 Å². The lowest BCUT2D eigenvalue weighted by atomic mass is 10.1. The van der Waals surface area contributed by atoms with E-state index in [1.54, 1.807) is 11.0 Å². The maximum absolute atomic E-state index is 12.8. The molecule has 0 fully saturated rings. The summed E-state index contributed by atoms with van der Waals surface area (Å²) in [6.45, 7) is 3.86.